The van der Waals surface area contributed by atoms with Crippen molar-refractivity contribution in [2.45, 2.75) is 13.8 Å². The van der Waals surface area contributed by atoms with Gasteiger partial charge in [0.25, 0.3) is 0 Å². The van der Waals surface area contributed by atoms with Gasteiger partial charge >= 0.3 is 5.97 Å². The number of carbonyl (C=O) groups is 2. The van der Waals surface area contributed by atoms with Crippen molar-refractivity contribution in [3.05, 3.63) is 44.6 Å². The van der Waals surface area contributed by atoms with Gasteiger partial charge in [0.1, 0.15) is 11.8 Å². The summed E-state index contributed by atoms with van der Waals surface area (Å²) in [6.07, 6.45) is 1.05. The SMILES string of the molecule is CCO/C=C(/C(=O)OCC)C(=O)c1ccc(Cl)c(Cl)c1Cl. The van der Waals surface area contributed by atoms with Crippen LogP contribution in [0.5, 0.6) is 0 Å². The van der Waals surface area contributed by atoms with E-state index in [9.17, 15) is 9.59 Å². The van der Waals surface area contributed by atoms with Gasteiger partial charge < -0.3 is 9.47 Å². The third-order valence-electron chi connectivity index (χ3n) is 2.39. The quantitative estimate of drug-likeness (QED) is 0.146. The van der Waals surface area contributed by atoms with Gasteiger partial charge in [-0.2, -0.15) is 0 Å². The minimum Gasteiger partial charge on any atom is -0.500 e. The number of benzene rings is 1. The number of hydrogen-bond acceptors (Lipinski definition) is 4. The maximum absolute atomic E-state index is 12.4. The maximum Gasteiger partial charge on any atom is 0.345 e. The second-order valence-corrected chi connectivity index (χ2v) is 4.92. The van der Waals surface area contributed by atoms with Crippen molar-refractivity contribution in [3.8, 4) is 0 Å². The Labute approximate surface area is 137 Å². The number of esters is 1. The van der Waals surface area contributed by atoms with Crippen LogP contribution in [0.1, 0.15) is 24.2 Å². The topological polar surface area (TPSA) is 52.6 Å². The summed E-state index contributed by atoms with van der Waals surface area (Å²) in [5.74, 6) is -1.44. The Morgan fingerprint density at radius 1 is 1.10 bits per heavy atom. The average molecular weight is 352 g/mol. The molecule has 0 aromatic heterocycles. The molecule has 1 aromatic rings. The number of ketones is 1. The standard InChI is InChI=1S/C14H13Cl3O4/c1-3-20-7-9(14(19)21-4-2)13(18)8-5-6-10(15)12(17)11(8)16/h5-7H,3-4H2,1-2H3/b9-7+. The van der Waals surface area contributed by atoms with Crippen LogP contribution in [-0.2, 0) is 14.3 Å². The van der Waals surface area contributed by atoms with Crippen molar-refractivity contribution in [2.75, 3.05) is 13.2 Å². The Morgan fingerprint density at radius 3 is 2.33 bits per heavy atom. The molecule has 1 aromatic carbocycles. The van der Waals surface area contributed by atoms with Crippen LogP contribution in [0.2, 0.25) is 15.1 Å². The molecule has 0 aliphatic heterocycles. The first-order valence-corrected chi connectivity index (χ1v) is 7.24. The van der Waals surface area contributed by atoms with Crippen LogP contribution in [0.25, 0.3) is 0 Å². The molecule has 0 heterocycles. The highest BCUT2D eigenvalue weighted by Gasteiger charge is 2.25. The summed E-state index contributed by atoms with van der Waals surface area (Å²) in [6, 6.07) is 2.81. The lowest BCUT2D eigenvalue weighted by Gasteiger charge is -2.09. The summed E-state index contributed by atoms with van der Waals surface area (Å²) in [5.41, 5.74) is -0.218. The Morgan fingerprint density at radius 2 is 1.76 bits per heavy atom. The lowest BCUT2D eigenvalue weighted by Crippen LogP contribution is -2.17. The Bertz CT molecular complexity index is 582. The molecule has 0 aliphatic rings. The highest BCUT2D eigenvalue weighted by atomic mass is 35.5. The molecule has 114 valence electrons. The molecular weight excluding hydrogens is 339 g/mol. The zero-order valence-electron chi connectivity index (χ0n) is 11.4. The maximum atomic E-state index is 12.4. The summed E-state index contributed by atoms with van der Waals surface area (Å²) in [4.78, 5) is 24.2. The van der Waals surface area contributed by atoms with Crippen LogP contribution in [0.15, 0.2) is 24.0 Å². The van der Waals surface area contributed by atoms with E-state index in [1.165, 1.54) is 12.1 Å². The monoisotopic (exact) mass is 350 g/mol. The van der Waals surface area contributed by atoms with Gasteiger partial charge in [-0.1, -0.05) is 34.8 Å². The first-order valence-electron chi connectivity index (χ1n) is 6.11. The summed E-state index contributed by atoms with van der Waals surface area (Å²) >= 11 is 17.7. The van der Waals surface area contributed by atoms with E-state index >= 15 is 0 Å². The molecule has 0 aliphatic carbocycles. The number of hydrogen-bond donors (Lipinski definition) is 0. The van der Waals surface area contributed by atoms with E-state index in [0.29, 0.717) is 6.61 Å². The second-order valence-electron chi connectivity index (χ2n) is 3.76. The van der Waals surface area contributed by atoms with E-state index in [4.69, 9.17) is 44.3 Å². The molecule has 1 rings (SSSR count). The van der Waals surface area contributed by atoms with Crippen LogP contribution >= 0.6 is 34.8 Å². The zero-order chi connectivity index (χ0) is 16.0. The zero-order valence-corrected chi connectivity index (χ0v) is 13.7. The van der Waals surface area contributed by atoms with Gasteiger partial charge in [0.05, 0.1) is 28.3 Å². The van der Waals surface area contributed by atoms with E-state index in [0.717, 1.165) is 6.26 Å². The molecule has 4 nitrogen and oxygen atoms in total. The van der Waals surface area contributed by atoms with Crippen LogP contribution in [-0.4, -0.2) is 25.0 Å². The van der Waals surface area contributed by atoms with Gasteiger partial charge in [0.15, 0.2) is 0 Å². The molecule has 0 saturated heterocycles. The number of halogens is 3. The molecular formula is C14H13Cl3O4. The highest BCUT2D eigenvalue weighted by Crippen LogP contribution is 2.33. The van der Waals surface area contributed by atoms with Crippen LogP contribution in [0.4, 0.5) is 0 Å². The second kappa shape index (κ2) is 8.27. The summed E-state index contributed by atoms with van der Waals surface area (Å²) in [6.45, 7) is 3.78. The van der Waals surface area contributed by atoms with Crippen LogP contribution < -0.4 is 0 Å². The van der Waals surface area contributed by atoms with E-state index in [1.807, 2.05) is 0 Å². The van der Waals surface area contributed by atoms with Crippen molar-refractivity contribution in [1.29, 1.82) is 0 Å². The summed E-state index contributed by atoms with van der Waals surface area (Å²) < 4.78 is 9.84. The number of rotatable bonds is 6. The van der Waals surface area contributed by atoms with Crippen molar-refractivity contribution in [2.24, 2.45) is 0 Å². The third-order valence-corrected chi connectivity index (χ3v) is 3.68. The fraction of sp³-hybridized carbons (Fsp3) is 0.286. The fourth-order valence-corrected chi connectivity index (χ4v) is 2.04. The normalized spacial score (nSPS) is 11.2. The Kier molecular flexibility index (Phi) is 7.02. The molecule has 7 heteroatoms. The van der Waals surface area contributed by atoms with Crippen molar-refractivity contribution >= 4 is 46.6 Å². The van der Waals surface area contributed by atoms with Gasteiger partial charge in [0, 0.05) is 5.56 Å². The summed E-state index contributed by atoms with van der Waals surface area (Å²) in [7, 11) is 0. The molecule has 0 unspecified atom stereocenters. The largest absolute Gasteiger partial charge is 0.500 e. The third kappa shape index (κ3) is 4.37. The van der Waals surface area contributed by atoms with Gasteiger partial charge in [-0.05, 0) is 26.0 Å². The van der Waals surface area contributed by atoms with Crippen LogP contribution in [0, 0.1) is 0 Å². The predicted octanol–water partition coefficient (Wildman–Crippen LogP) is 4.31. The molecule has 0 saturated carbocycles. The Balaban J connectivity index is 3.23. The van der Waals surface area contributed by atoms with Crippen molar-refractivity contribution < 1.29 is 19.1 Å². The highest BCUT2D eigenvalue weighted by molar-refractivity contribution is 6.49. The molecule has 21 heavy (non-hydrogen) atoms. The first-order chi connectivity index (χ1) is 9.93. The van der Waals surface area contributed by atoms with E-state index < -0.39 is 11.8 Å². The molecule has 0 radical (unpaired) electrons. The van der Waals surface area contributed by atoms with Crippen LogP contribution in [0.3, 0.4) is 0 Å². The van der Waals surface area contributed by atoms with Gasteiger partial charge in [-0.25, -0.2) is 4.79 Å². The van der Waals surface area contributed by atoms with Gasteiger partial charge in [-0.3, -0.25) is 4.79 Å². The fourth-order valence-electron chi connectivity index (χ4n) is 1.42. The molecule has 0 spiro atoms. The molecule has 0 fully saturated rings. The smallest absolute Gasteiger partial charge is 0.345 e. The number of ether oxygens (including phenoxy) is 2. The molecule has 0 atom stereocenters. The predicted molar refractivity (Wildman–Crippen MR) is 82.1 cm³/mol. The minimum atomic E-state index is -0.793. The Hall–Kier alpha value is -1.23. The number of Topliss-reactive ketones (excluding diaryl/α,β-unsaturated/α-hetero) is 1. The van der Waals surface area contributed by atoms with E-state index in [-0.39, 0.29) is 32.8 Å². The summed E-state index contributed by atoms with van der Waals surface area (Å²) in [5, 5.41) is 0.231. The molecule has 0 amide bonds. The first kappa shape index (κ1) is 17.8. The molecule has 0 N–H and O–H groups in total. The molecule has 0 bridgehead atoms. The minimum absolute atomic E-state index is 0.0270. The average Bonchev–Trinajstić information content (AvgIpc) is 2.45. The lowest BCUT2D eigenvalue weighted by molar-refractivity contribution is -0.138. The van der Waals surface area contributed by atoms with Gasteiger partial charge in [-0.15, -0.1) is 0 Å². The van der Waals surface area contributed by atoms with Crippen molar-refractivity contribution in [1.82, 2.24) is 0 Å². The number of carbonyl (C=O) groups excluding carboxylic acids is 2. The van der Waals surface area contributed by atoms with E-state index in [1.54, 1.807) is 13.8 Å². The van der Waals surface area contributed by atoms with E-state index in [2.05, 4.69) is 0 Å². The van der Waals surface area contributed by atoms with Crippen molar-refractivity contribution in [3.63, 3.8) is 0 Å². The van der Waals surface area contributed by atoms with Gasteiger partial charge in [0.2, 0.25) is 5.78 Å². The lowest BCUT2D eigenvalue weighted by atomic mass is 10.0.